The molecule has 1 aromatic rings. The van der Waals surface area contributed by atoms with Crippen LogP contribution in [0.5, 0.6) is 0 Å². The van der Waals surface area contributed by atoms with E-state index in [2.05, 4.69) is 20.6 Å². The number of aromatic amines is 1. The fourth-order valence-corrected chi connectivity index (χ4v) is 1.76. The largest absolute Gasteiger partial charge is 0.480 e. The first-order valence-electron chi connectivity index (χ1n) is 6.70. The van der Waals surface area contributed by atoms with Crippen LogP contribution in [0.4, 0.5) is 4.79 Å². The fourth-order valence-electron chi connectivity index (χ4n) is 1.76. The lowest BCUT2D eigenvalue weighted by atomic mass is 10.1. The highest BCUT2D eigenvalue weighted by Gasteiger charge is 2.23. The van der Waals surface area contributed by atoms with Crippen molar-refractivity contribution in [2.24, 2.45) is 5.92 Å². The number of carboxylic acid groups (broad SMARTS) is 1. The van der Waals surface area contributed by atoms with Gasteiger partial charge in [-0.25, -0.2) is 14.6 Å². The number of aromatic nitrogens is 2. The van der Waals surface area contributed by atoms with Gasteiger partial charge in [-0.05, 0) is 5.92 Å². The van der Waals surface area contributed by atoms with Crippen LogP contribution in [0.1, 0.15) is 19.5 Å². The summed E-state index contributed by atoms with van der Waals surface area (Å²) >= 11 is 0. The lowest BCUT2D eigenvalue weighted by Crippen LogP contribution is -2.52. The van der Waals surface area contributed by atoms with Crippen molar-refractivity contribution in [3.8, 4) is 0 Å². The molecule has 0 bridgehead atoms. The molecule has 21 heavy (non-hydrogen) atoms. The van der Waals surface area contributed by atoms with E-state index < -0.39 is 18.0 Å². The number of ether oxygens (including phenoxy) is 1. The summed E-state index contributed by atoms with van der Waals surface area (Å²) in [4.78, 5) is 29.7. The summed E-state index contributed by atoms with van der Waals surface area (Å²) in [5, 5.41) is 14.3. The van der Waals surface area contributed by atoms with E-state index in [4.69, 9.17) is 9.84 Å². The van der Waals surface area contributed by atoms with Gasteiger partial charge in [0, 0.05) is 25.4 Å². The summed E-state index contributed by atoms with van der Waals surface area (Å²) in [6, 6.07) is -1.74. The smallest absolute Gasteiger partial charge is 0.326 e. The maximum atomic E-state index is 11.9. The average molecular weight is 298 g/mol. The third kappa shape index (κ3) is 5.82. The number of nitrogens with zero attached hydrogens (tertiary/aromatic N) is 1. The van der Waals surface area contributed by atoms with E-state index in [1.807, 2.05) is 13.8 Å². The van der Waals surface area contributed by atoms with Gasteiger partial charge in [-0.2, -0.15) is 0 Å². The molecule has 0 aromatic carbocycles. The first kappa shape index (κ1) is 17.0. The second kappa shape index (κ2) is 8.25. The van der Waals surface area contributed by atoms with E-state index in [-0.39, 0.29) is 18.4 Å². The molecule has 0 spiro atoms. The third-order valence-electron chi connectivity index (χ3n) is 3.05. The highest BCUT2D eigenvalue weighted by atomic mass is 16.5. The molecule has 0 fully saturated rings. The zero-order chi connectivity index (χ0) is 15.8. The zero-order valence-corrected chi connectivity index (χ0v) is 12.4. The summed E-state index contributed by atoms with van der Waals surface area (Å²) in [5.41, 5.74) is 0.639. The van der Waals surface area contributed by atoms with Crippen LogP contribution in [0.2, 0.25) is 0 Å². The molecule has 1 heterocycles. The van der Waals surface area contributed by atoms with Crippen molar-refractivity contribution in [2.45, 2.75) is 32.4 Å². The topological polar surface area (TPSA) is 116 Å². The number of methoxy groups -OCH3 is 1. The molecule has 2 atom stereocenters. The number of imidazole rings is 1. The molecule has 118 valence electrons. The van der Waals surface area contributed by atoms with Crippen LogP contribution in [0.15, 0.2) is 12.5 Å². The molecule has 0 aliphatic carbocycles. The third-order valence-corrected chi connectivity index (χ3v) is 3.05. The maximum absolute atomic E-state index is 11.9. The summed E-state index contributed by atoms with van der Waals surface area (Å²) in [5.74, 6) is -0.931. The molecular weight excluding hydrogens is 276 g/mol. The number of carbonyl (C=O) groups is 2. The van der Waals surface area contributed by atoms with E-state index in [0.29, 0.717) is 12.3 Å². The molecule has 0 saturated carbocycles. The number of amides is 2. The fraction of sp³-hybridized carbons (Fsp3) is 0.615. The van der Waals surface area contributed by atoms with Gasteiger partial charge in [-0.1, -0.05) is 13.8 Å². The van der Waals surface area contributed by atoms with Gasteiger partial charge in [0.1, 0.15) is 6.04 Å². The molecule has 8 nitrogen and oxygen atoms in total. The van der Waals surface area contributed by atoms with Crippen LogP contribution in [-0.4, -0.2) is 52.9 Å². The van der Waals surface area contributed by atoms with Gasteiger partial charge in [-0.3, -0.25) is 0 Å². The molecule has 8 heteroatoms. The zero-order valence-electron chi connectivity index (χ0n) is 12.4. The van der Waals surface area contributed by atoms with Gasteiger partial charge in [0.25, 0.3) is 0 Å². The number of rotatable bonds is 8. The second-order valence-corrected chi connectivity index (χ2v) is 5.10. The van der Waals surface area contributed by atoms with Crippen LogP contribution in [0, 0.1) is 5.92 Å². The van der Waals surface area contributed by atoms with Crippen molar-refractivity contribution >= 4 is 12.0 Å². The van der Waals surface area contributed by atoms with Gasteiger partial charge in [0.2, 0.25) is 0 Å². The number of urea groups is 1. The average Bonchev–Trinajstić information content (AvgIpc) is 2.90. The van der Waals surface area contributed by atoms with Crippen molar-refractivity contribution in [3.05, 3.63) is 18.2 Å². The Kier molecular flexibility index (Phi) is 6.67. The van der Waals surface area contributed by atoms with Crippen molar-refractivity contribution in [1.82, 2.24) is 20.6 Å². The maximum Gasteiger partial charge on any atom is 0.326 e. The molecule has 0 aliphatic rings. The predicted molar refractivity (Wildman–Crippen MR) is 75.9 cm³/mol. The van der Waals surface area contributed by atoms with Gasteiger partial charge in [0.15, 0.2) is 0 Å². The van der Waals surface area contributed by atoms with Crippen LogP contribution < -0.4 is 10.6 Å². The molecule has 4 N–H and O–H groups in total. The molecule has 0 aliphatic heterocycles. The van der Waals surface area contributed by atoms with Crippen molar-refractivity contribution in [3.63, 3.8) is 0 Å². The van der Waals surface area contributed by atoms with E-state index in [9.17, 15) is 9.59 Å². The Morgan fingerprint density at radius 3 is 2.62 bits per heavy atom. The second-order valence-electron chi connectivity index (χ2n) is 5.10. The predicted octanol–water partition coefficient (Wildman–Crippen LogP) is 0.376. The quantitative estimate of drug-likeness (QED) is 0.553. The van der Waals surface area contributed by atoms with E-state index in [0.717, 1.165) is 0 Å². The van der Waals surface area contributed by atoms with E-state index in [1.54, 1.807) is 7.11 Å². The summed E-state index contributed by atoms with van der Waals surface area (Å²) in [6.45, 7) is 4.26. The Bertz CT molecular complexity index is 447. The highest BCUT2D eigenvalue weighted by molar-refractivity contribution is 5.82. The normalized spacial score (nSPS) is 13.7. The van der Waals surface area contributed by atoms with Crippen LogP contribution >= 0.6 is 0 Å². The van der Waals surface area contributed by atoms with Gasteiger partial charge < -0.3 is 25.5 Å². The number of hydrogen-bond donors (Lipinski definition) is 4. The molecule has 1 aromatic heterocycles. The monoisotopic (exact) mass is 298 g/mol. The lowest BCUT2D eigenvalue weighted by Gasteiger charge is -2.23. The molecular formula is C13H22N4O4. The Morgan fingerprint density at radius 2 is 2.14 bits per heavy atom. The molecule has 1 rings (SSSR count). The van der Waals surface area contributed by atoms with E-state index >= 15 is 0 Å². The Hall–Kier alpha value is -2.09. The van der Waals surface area contributed by atoms with Crippen LogP contribution in [0.25, 0.3) is 0 Å². The number of carboxylic acids is 1. The number of carbonyl (C=O) groups excluding carboxylic acids is 1. The molecule has 2 unspecified atom stereocenters. The van der Waals surface area contributed by atoms with Crippen LogP contribution in [-0.2, 0) is 16.0 Å². The van der Waals surface area contributed by atoms with Crippen LogP contribution in [0.3, 0.4) is 0 Å². The SMILES string of the molecule is COCC(NC(=O)NC(Cc1cnc[nH]1)C(=O)O)C(C)C. The van der Waals surface area contributed by atoms with Gasteiger partial charge in [0.05, 0.1) is 19.0 Å². The minimum atomic E-state index is -1.10. The summed E-state index contributed by atoms with van der Waals surface area (Å²) in [6.07, 6.45) is 3.12. The standard InChI is InChI=1S/C13H22N4O4/c1-8(2)11(6-21-3)17-13(20)16-10(12(18)19)4-9-5-14-7-15-9/h5,7-8,10-11H,4,6H2,1-3H3,(H,14,15)(H,18,19)(H2,16,17,20). The number of nitrogens with one attached hydrogen (secondary N) is 3. The molecule has 0 saturated heterocycles. The van der Waals surface area contributed by atoms with Gasteiger partial charge in [-0.15, -0.1) is 0 Å². The highest BCUT2D eigenvalue weighted by Crippen LogP contribution is 2.03. The molecule has 2 amide bonds. The Labute approximate surface area is 123 Å². The van der Waals surface area contributed by atoms with Gasteiger partial charge >= 0.3 is 12.0 Å². The number of H-pyrrole nitrogens is 1. The van der Waals surface area contributed by atoms with Crippen molar-refractivity contribution < 1.29 is 19.4 Å². The van der Waals surface area contributed by atoms with Crippen molar-refractivity contribution in [1.29, 1.82) is 0 Å². The first-order chi connectivity index (χ1) is 9.93. The Morgan fingerprint density at radius 1 is 1.43 bits per heavy atom. The summed E-state index contributed by atoms with van der Waals surface area (Å²) < 4.78 is 5.03. The molecule has 0 radical (unpaired) electrons. The number of hydrogen-bond acceptors (Lipinski definition) is 4. The first-order valence-corrected chi connectivity index (χ1v) is 6.70. The Balaban J connectivity index is 2.57. The number of aliphatic carboxylic acids is 1. The lowest BCUT2D eigenvalue weighted by molar-refractivity contribution is -0.139. The minimum Gasteiger partial charge on any atom is -0.480 e. The van der Waals surface area contributed by atoms with Crippen molar-refractivity contribution in [2.75, 3.05) is 13.7 Å². The van der Waals surface area contributed by atoms with E-state index in [1.165, 1.54) is 12.5 Å². The summed E-state index contributed by atoms with van der Waals surface area (Å²) in [7, 11) is 1.55. The minimum absolute atomic E-state index is 0.138.